The van der Waals surface area contributed by atoms with Gasteiger partial charge in [0.05, 0.1) is 12.7 Å². The second-order valence-corrected chi connectivity index (χ2v) is 8.13. The number of dihydropyridines is 1. The van der Waals surface area contributed by atoms with Crippen LogP contribution in [0.25, 0.3) is 0 Å². The van der Waals surface area contributed by atoms with E-state index in [1.807, 2.05) is 19.1 Å². The Morgan fingerprint density at radius 1 is 1.15 bits per heavy atom. The lowest BCUT2D eigenvalue weighted by molar-refractivity contribution is -0.136. The lowest BCUT2D eigenvalue weighted by Gasteiger charge is -2.34. The van der Waals surface area contributed by atoms with Crippen LogP contribution in [0.4, 0.5) is 0 Å². The molecule has 0 radical (unpaired) electrons. The maximum Gasteiger partial charge on any atom is 0.336 e. The summed E-state index contributed by atoms with van der Waals surface area (Å²) in [4.78, 5) is 25.2. The van der Waals surface area contributed by atoms with Crippen molar-refractivity contribution >= 4 is 11.8 Å². The predicted octanol–water partition coefficient (Wildman–Crippen LogP) is 4.13. The van der Waals surface area contributed by atoms with E-state index in [9.17, 15) is 9.59 Å². The monoisotopic (exact) mass is 353 g/mol. The summed E-state index contributed by atoms with van der Waals surface area (Å²) in [6.07, 6.45) is 2.22. The first-order valence-electron chi connectivity index (χ1n) is 9.17. The Morgan fingerprint density at radius 2 is 1.81 bits per heavy atom. The number of carbonyl (C=O) groups excluding carboxylic acids is 2. The van der Waals surface area contributed by atoms with Crippen LogP contribution in [0, 0.1) is 0 Å². The quantitative estimate of drug-likeness (QED) is 0.813. The average molecular weight is 353 g/mol. The zero-order chi connectivity index (χ0) is 19.1. The molecule has 4 nitrogen and oxygen atoms in total. The Hall–Kier alpha value is -2.36. The highest BCUT2D eigenvalue weighted by Gasteiger charge is 2.38. The lowest BCUT2D eigenvalue weighted by atomic mass is 9.74. The molecule has 0 spiro atoms. The summed E-state index contributed by atoms with van der Waals surface area (Å²) >= 11 is 0. The summed E-state index contributed by atoms with van der Waals surface area (Å²) in [6.45, 7) is 8.39. The van der Waals surface area contributed by atoms with E-state index in [1.165, 1.54) is 12.7 Å². The van der Waals surface area contributed by atoms with Crippen molar-refractivity contribution in [3.8, 4) is 0 Å². The van der Waals surface area contributed by atoms with Gasteiger partial charge in [0.2, 0.25) is 0 Å². The van der Waals surface area contributed by atoms with Crippen molar-refractivity contribution in [3.05, 3.63) is 57.9 Å². The molecule has 0 unspecified atom stereocenters. The maximum absolute atomic E-state index is 12.7. The standard InChI is InChI=1S/C22H27NO3/c1-13-18(21(25)26-5)19(20-16(23-13)7-6-8-17(20)24)14-9-11-15(12-10-14)22(2,3)4/h9-12,19,23H,6-8H2,1-5H3/t19-/m1/s1. The fourth-order valence-electron chi connectivity index (χ4n) is 3.87. The number of methoxy groups -OCH3 is 1. The molecule has 0 fully saturated rings. The topological polar surface area (TPSA) is 55.4 Å². The van der Waals surface area contributed by atoms with Gasteiger partial charge in [-0.2, -0.15) is 0 Å². The Morgan fingerprint density at radius 3 is 2.38 bits per heavy atom. The van der Waals surface area contributed by atoms with Gasteiger partial charge in [0.15, 0.2) is 5.78 Å². The van der Waals surface area contributed by atoms with Crippen LogP contribution in [-0.4, -0.2) is 18.9 Å². The van der Waals surface area contributed by atoms with Crippen LogP contribution in [0.15, 0.2) is 46.8 Å². The van der Waals surface area contributed by atoms with Gasteiger partial charge in [-0.15, -0.1) is 0 Å². The highest BCUT2D eigenvalue weighted by molar-refractivity contribution is 6.03. The molecule has 0 bridgehead atoms. The van der Waals surface area contributed by atoms with Crippen LogP contribution < -0.4 is 5.32 Å². The second-order valence-electron chi connectivity index (χ2n) is 8.13. The Kier molecular flexibility index (Phi) is 4.78. The number of ketones is 1. The zero-order valence-electron chi connectivity index (χ0n) is 16.2. The fraction of sp³-hybridized carbons (Fsp3) is 0.455. The third-order valence-electron chi connectivity index (χ3n) is 5.29. The summed E-state index contributed by atoms with van der Waals surface area (Å²) < 4.78 is 5.03. The average Bonchev–Trinajstić information content (AvgIpc) is 2.59. The molecule has 0 aromatic heterocycles. The molecule has 0 saturated heterocycles. The van der Waals surface area contributed by atoms with E-state index in [0.717, 1.165) is 35.4 Å². The minimum atomic E-state index is -0.384. The summed E-state index contributed by atoms with van der Waals surface area (Å²) in [5.41, 5.74) is 5.22. The van der Waals surface area contributed by atoms with E-state index in [-0.39, 0.29) is 23.1 Å². The Labute approximate surface area is 155 Å². The first-order valence-corrected chi connectivity index (χ1v) is 9.17. The summed E-state index contributed by atoms with van der Waals surface area (Å²) in [7, 11) is 1.38. The van der Waals surface area contributed by atoms with Crippen LogP contribution >= 0.6 is 0 Å². The van der Waals surface area contributed by atoms with Crippen molar-refractivity contribution in [2.24, 2.45) is 0 Å². The van der Waals surface area contributed by atoms with Crippen LogP contribution in [0.5, 0.6) is 0 Å². The number of carbonyl (C=O) groups is 2. The number of benzene rings is 1. The van der Waals surface area contributed by atoms with Crippen LogP contribution in [-0.2, 0) is 19.7 Å². The van der Waals surface area contributed by atoms with Gasteiger partial charge < -0.3 is 10.1 Å². The predicted molar refractivity (Wildman–Crippen MR) is 102 cm³/mol. The van der Waals surface area contributed by atoms with Gasteiger partial charge >= 0.3 is 5.97 Å². The van der Waals surface area contributed by atoms with Gasteiger partial charge in [-0.05, 0) is 36.3 Å². The third kappa shape index (κ3) is 3.20. The second kappa shape index (κ2) is 6.75. The molecule has 1 N–H and O–H groups in total. The summed E-state index contributed by atoms with van der Waals surface area (Å²) in [6, 6.07) is 8.27. The molecule has 3 rings (SSSR count). The number of rotatable bonds is 2. The van der Waals surface area contributed by atoms with E-state index in [4.69, 9.17) is 4.74 Å². The first kappa shape index (κ1) is 18.4. The molecule has 1 aliphatic carbocycles. The van der Waals surface area contributed by atoms with Crippen LogP contribution in [0.1, 0.15) is 64.0 Å². The fourth-order valence-corrected chi connectivity index (χ4v) is 3.87. The number of ether oxygens (including phenoxy) is 1. The maximum atomic E-state index is 12.7. The van der Waals surface area contributed by atoms with Crippen molar-refractivity contribution in [2.75, 3.05) is 7.11 Å². The van der Waals surface area contributed by atoms with E-state index < -0.39 is 0 Å². The van der Waals surface area contributed by atoms with Crippen molar-refractivity contribution in [1.29, 1.82) is 0 Å². The number of hydrogen-bond donors (Lipinski definition) is 1. The van der Waals surface area contributed by atoms with Gasteiger partial charge in [-0.25, -0.2) is 4.79 Å². The molecule has 2 aliphatic rings. The van der Waals surface area contributed by atoms with Gasteiger partial charge in [0.1, 0.15) is 0 Å². The highest BCUT2D eigenvalue weighted by Crippen LogP contribution is 2.42. The molecule has 1 atom stereocenters. The molecule has 1 aliphatic heterocycles. The molecule has 1 heterocycles. The molecular formula is C22H27NO3. The normalized spacial score (nSPS) is 20.7. The SMILES string of the molecule is COC(=O)C1=C(C)NC2=C(C(=O)CCC2)[C@@H]1c1ccc(C(C)(C)C)cc1. The minimum absolute atomic E-state index is 0.0503. The van der Waals surface area contributed by atoms with Crippen molar-refractivity contribution < 1.29 is 14.3 Å². The van der Waals surface area contributed by atoms with Crippen molar-refractivity contribution in [2.45, 2.75) is 58.3 Å². The van der Waals surface area contributed by atoms with Gasteiger partial charge in [0, 0.05) is 29.3 Å². The number of allylic oxidation sites excluding steroid dienone is 3. The summed E-state index contributed by atoms with van der Waals surface area (Å²) in [5.74, 6) is -0.622. The largest absolute Gasteiger partial charge is 0.466 e. The highest BCUT2D eigenvalue weighted by atomic mass is 16.5. The van der Waals surface area contributed by atoms with Crippen LogP contribution in [0.2, 0.25) is 0 Å². The number of Topliss-reactive ketones (excluding diaryl/α,β-unsaturated/α-hetero) is 1. The van der Waals surface area contributed by atoms with Crippen LogP contribution in [0.3, 0.4) is 0 Å². The molecule has 26 heavy (non-hydrogen) atoms. The summed E-state index contributed by atoms with van der Waals surface area (Å²) in [5, 5.41) is 3.29. The molecule has 138 valence electrons. The van der Waals surface area contributed by atoms with Crippen molar-refractivity contribution in [1.82, 2.24) is 5.32 Å². The Balaban J connectivity index is 2.14. The number of nitrogens with one attached hydrogen (secondary N) is 1. The molecule has 0 amide bonds. The lowest BCUT2D eigenvalue weighted by Crippen LogP contribution is -2.34. The number of hydrogen-bond acceptors (Lipinski definition) is 4. The zero-order valence-corrected chi connectivity index (χ0v) is 16.2. The molecule has 1 aromatic rings. The molecule has 1 aromatic carbocycles. The van der Waals surface area contributed by atoms with Gasteiger partial charge in [-0.1, -0.05) is 45.0 Å². The molecule has 4 heteroatoms. The van der Waals surface area contributed by atoms with E-state index in [1.54, 1.807) is 0 Å². The first-order chi connectivity index (χ1) is 12.2. The Bertz CT molecular complexity index is 807. The number of esters is 1. The van der Waals surface area contributed by atoms with Gasteiger partial charge in [-0.3, -0.25) is 4.79 Å². The minimum Gasteiger partial charge on any atom is -0.466 e. The van der Waals surface area contributed by atoms with E-state index >= 15 is 0 Å². The molecular weight excluding hydrogens is 326 g/mol. The van der Waals surface area contributed by atoms with E-state index in [0.29, 0.717) is 12.0 Å². The van der Waals surface area contributed by atoms with Crippen molar-refractivity contribution in [3.63, 3.8) is 0 Å². The third-order valence-corrected chi connectivity index (χ3v) is 5.29. The smallest absolute Gasteiger partial charge is 0.336 e. The van der Waals surface area contributed by atoms with Gasteiger partial charge in [0.25, 0.3) is 0 Å². The molecule has 0 saturated carbocycles. The van der Waals surface area contributed by atoms with E-state index in [2.05, 4.69) is 38.2 Å².